The number of piperazine rings is 1. The lowest BCUT2D eigenvalue weighted by Crippen LogP contribution is -2.57. The van der Waals surface area contributed by atoms with Crippen molar-refractivity contribution in [3.8, 4) is 0 Å². The molecule has 8 heteroatoms. The first-order valence-electron chi connectivity index (χ1n) is 12.4. The lowest BCUT2D eigenvalue weighted by Gasteiger charge is -2.48. The van der Waals surface area contributed by atoms with E-state index in [0.717, 1.165) is 22.6 Å². The quantitative estimate of drug-likeness (QED) is 0.372. The van der Waals surface area contributed by atoms with Gasteiger partial charge in [-0.3, -0.25) is 14.7 Å². The molecule has 0 N–H and O–H groups in total. The Bertz CT molecular complexity index is 1560. The molecule has 7 nitrogen and oxygen atoms in total. The van der Waals surface area contributed by atoms with Crippen molar-refractivity contribution in [1.29, 1.82) is 0 Å². The van der Waals surface area contributed by atoms with Crippen LogP contribution in [0.15, 0.2) is 65.5 Å². The fourth-order valence-corrected chi connectivity index (χ4v) is 5.33. The van der Waals surface area contributed by atoms with E-state index in [1.165, 1.54) is 12.1 Å². The number of rotatable bonds is 4. The fourth-order valence-electron chi connectivity index (χ4n) is 5.33. The number of anilines is 1. The van der Waals surface area contributed by atoms with Gasteiger partial charge in [0.1, 0.15) is 5.82 Å². The van der Waals surface area contributed by atoms with Crippen LogP contribution in [0.4, 0.5) is 15.9 Å². The molecule has 1 aromatic carbocycles. The van der Waals surface area contributed by atoms with Crippen molar-refractivity contribution >= 4 is 22.5 Å². The van der Waals surface area contributed by atoms with Crippen LogP contribution in [0.3, 0.4) is 0 Å². The lowest BCUT2D eigenvalue weighted by atomic mass is 9.96. The van der Waals surface area contributed by atoms with E-state index >= 15 is 0 Å². The molecule has 0 saturated carbocycles. The topological polar surface area (TPSA) is 58.6 Å². The van der Waals surface area contributed by atoms with Crippen LogP contribution in [0.5, 0.6) is 0 Å². The van der Waals surface area contributed by atoms with Gasteiger partial charge in [-0.15, -0.1) is 4.98 Å². The largest absolute Gasteiger partial charge is 0.362 e. The van der Waals surface area contributed by atoms with E-state index in [9.17, 15) is 9.18 Å². The summed E-state index contributed by atoms with van der Waals surface area (Å²) < 4.78 is 15.4. The van der Waals surface area contributed by atoms with Crippen molar-refractivity contribution in [3.05, 3.63) is 105 Å². The van der Waals surface area contributed by atoms with E-state index in [4.69, 9.17) is 11.6 Å². The van der Waals surface area contributed by atoms with Crippen molar-refractivity contribution in [2.45, 2.75) is 38.9 Å². The third kappa shape index (κ3) is 4.58. The summed E-state index contributed by atoms with van der Waals surface area (Å²) in [6, 6.07) is 17.7. The van der Waals surface area contributed by atoms with Crippen LogP contribution < -0.4 is 10.5 Å². The number of fused-ring (bicyclic) bond motifs is 1. The van der Waals surface area contributed by atoms with Gasteiger partial charge in [0.05, 0.1) is 22.9 Å². The zero-order chi connectivity index (χ0) is 26.3. The van der Waals surface area contributed by atoms with Gasteiger partial charge in [-0.05, 0) is 62.7 Å². The Kier molecular flexibility index (Phi) is 6.48. The zero-order valence-electron chi connectivity index (χ0n) is 21.4. The first kappa shape index (κ1) is 24.6. The third-order valence-corrected chi connectivity index (χ3v) is 7.22. The molecule has 1 fully saturated rings. The number of halogens is 1. The maximum Gasteiger partial charge on any atom is 0.270 e. The predicted molar refractivity (Wildman–Crippen MR) is 143 cm³/mol. The Morgan fingerprint density at radius 1 is 1.03 bits per heavy atom. The Morgan fingerprint density at radius 3 is 2.49 bits per heavy atom. The number of aromatic nitrogens is 3. The molecule has 1 aliphatic rings. The molecule has 0 amide bonds. The second kappa shape index (κ2) is 9.75. The first-order chi connectivity index (χ1) is 17.8. The average Bonchev–Trinajstić information content (AvgIpc) is 2.89. The van der Waals surface area contributed by atoms with Gasteiger partial charge in [0.2, 0.25) is 5.52 Å². The summed E-state index contributed by atoms with van der Waals surface area (Å²) in [6.07, 6.45) is 0. The van der Waals surface area contributed by atoms with Gasteiger partial charge in [0.25, 0.3) is 11.4 Å². The molecule has 0 radical (unpaired) electrons. The Morgan fingerprint density at radius 2 is 1.78 bits per heavy atom. The van der Waals surface area contributed by atoms with Crippen molar-refractivity contribution in [2.24, 2.45) is 7.05 Å². The number of benzene rings is 1. The summed E-state index contributed by atoms with van der Waals surface area (Å²) in [5.74, 6) is 0.0309. The molecule has 37 heavy (non-hydrogen) atoms. The third-order valence-electron chi connectivity index (χ3n) is 7.22. The molecule has 5 rings (SSSR count). The number of nitrogens with zero attached hydrogens (tertiary/aromatic N) is 6. The molecule has 4 aromatic rings. The monoisotopic (exact) mass is 496 g/mol. The first-order valence-corrected chi connectivity index (χ1v) is 12.4. The van der Waals surface area contributed by atoms with Gasteiger partial charge in [-0.25, -0.2) is 4.39 Å². The summed E-state index contributed by atoms with van der Waals surface area (Å²) in [6.45, 7) is 15.0. The van der Waals surface area contributed by atoms with Crippen LogP contribution in [0, 0.1) is 19.3 Å². The predicted octanol–water partition coefficient (Wildman–Crippen LogP) is 5.02. The van der Waals surface area contributed by atoms with Crippen LogP contribution in [0.2, 0.25) is 0 Å². The second-order valence-corrected chi connectivity index (χ2v) is 9.78. The fraction of sp³-hybridized carbons (Fsp3) is 0.310. The molecule has 1 aliphatic heterocycles. The summed E-state index contributed by atoms with van der Waals surface area (Å²) in [4.78, 5) is 30.4. The summed E-state index contributed by atoms with van der Waals surface area (Å²) >= 11 is 0. The van der Waals surface area contributed by atoms with E-state index in [2.05, 4.69) is 33.5 Å². The molecule has 1 saturated heterocycles. The number of hydrogen-bond donors (Lipinski definition) is 0. The maximum atomic E-state index is 13.8. The van der Waals surface area contributed by atoms with E-state index in [-0.39, 0.29) is 29.5 Å². The van der Waals surface area contributed by atoms with Crippen LogP contribution in [-0.2, 0) is 7.05 Å². The molecule has 0 bridgehead atoms. The highest BCUT2D eigenvalue weighted by Gasteiger charge is 2.37. The lowest BCUT2D eigenvalue weighted by molar-refractivity contribution is 0.128. The molecular formula is C29H29FN6O. The van der Waals surface area contributed by atoms with Crippen molar-refractivity contribution in [1.82, 2.24) is 19.4 Å². The van der Waals surface area contributed by atoms with Gasteiger partial charge in [-0.2, -0.15) is 0 Å². The minimum atomic E-state index is -0.269. The summed E-state index contributed by atoms with van der Waals surface area (Å²) in [5.41, 5.74) is 4.81. The Hall–Kier alpha value is -4.09. The highest BCUT2D eigenvalue weighted by atomic mass is 19.1. The summed E-state index contributed by atoms with van der Waals surface area (Å²) in [7, 11) is 1.72. The van der Waals surface area contributed by atoms with E-state index in [0.29, 0.717) is 29.9 Å². The molecule has 3 aromatic heterocycles. The number of hydrogen-bond acceptors (Lipinski definition) is 5. The van der Waals surface area contributed by atoms with E-state index in [1.54, 1.807) is 29.8 Å². The second-order valence-electron chi connectivity index (χ2n) is 9.78. The van der Waals surface area contributed by atoms with Gasteiger partial charge < -0.3 is 14.3 Å². The van der Waals surface area contributed by atoms with Crippen molar-refractivity contribution in [2.75, 3.05) is 18.0 Å². The van der Waals surface area contributed by atoms with Gasteiger partial charge in [-0.1, -0.05) is 24.8 Å². The van der Waals surface area contributed by atoms with E-state index < -0.39 is 0 Å². The smallest absolute Gasteiger partial charge is 0.270 e. The molecule has 0 aliphatic carbocycles. The SMILES string of the molecule is [C-]#[N+]c1ccc2c(n1)c(N1C[C@@H](C)N(C(c3ccc(F)cc3)c3cccc(C)n3)C[C@@H]1C)cc(=O)n2C. The zero-order valence-corrected chi connectivity index (χ0v) is 21.4. The van der Waals surface area contributed by atoms with Crippen LogP contribution in [0.1, 0.15) is 36.8 Å². The normalized spacial score (nSPS) is 19.1. The standard InChI is InChI=1S/C29H29FN6O/c1-18-7-6-8-23(32-18)29(21-9-11-22(30)12-10-21)36-17-19(2)35(16-20(36)3)25-15-27(37)34(5)24-13-14-26(31-4)33-28(24)25/h6-15,19-20,29H,16-17H2,1-3,5H3/t19-,20+,29?/m0/s1. The van der Waals surface area contributed by atoms with Crippen molar-refractivity contribution in [3.63, 3.8) is 0 Å². The van der Waals surface area contributed by atoms with Gasteiger partial charge >= 0.3 is 0 Å². The van der Waals surface area contributed by atoms with Crippen LogP contribution >= 0.6 is 0 Å². The average molecular weight is 497 g/mol. The minimum absolute atomic E-state index is 0.0395. The molecule has 1 unspecified atom stereocenters. The van der Waals surface area contributed by atoms with Gasteiger partial charge in [0.15, 0.2) is 0 Å². The van der Waals surface area contributed by atoms with E-state index in [1.807, 2.05) is 37.3 Å². The van der Waals surface area contributed by atoms with Crippen molar-refractivity contribution < 1.29 is 4.39 Å². The molecule has 0 spiro atoms. The Balaban J connectivity index is 1.56. The summed E-state index contributed by atoms with van der Waals surface area (Å²) in [5, 5.41) is 0. The van der Waals surface area contributed by atoms with Gasteiger partial charge in [0, 0.05) is 44.0 Å². The molecule has 3 atom stereocenters. The minimum Gasteiger partial charge on any atom is -0.362 e. The highest BCUT2D eigenvalue weighted by Crippen LogP contribution is 2.35. The van der Waals surface area contributed by atoms with Crippen LogP contribution in [-0.4, -0.2) is 44.6 Å². The number of aryl methyl sites for hydroxylation is 2. The van der Waals surface area contributed by atoms with Crippen LogP contribution in [0.25, 0.3) is 15.9 Å². The molecule has 188 valence electrons. The molecule has 4 heterocycles. The highest BCUT2D eigenvalue weighted by molar-refractivity contribution is 5.89. The molecular weight excluding hydrogens is 467 g/mol. The maximum absolute atomic E-state index is 13.8. The number of pyridine rings is 3. The Labute approximate surface area is 215 Å².